The number of carboxylic acids is 1. The number of thiophene rings is 1. The molecule has 0 atom stereocenters. The molecule has 2 rings (SSSR count). The zero-order valence-electron chi connectivity index (χ0n) is 10.3. The van der Waals surface area contributed by atoms with E-state index in [2.05, 4.69) is 14.7 Å². The Morgan fingerprint density at radius 2 is 2.05 bits per heavy atom. The number of nitrogens with zero attached hydrogens (tertiary/aromatic N) is 2. The largest absolute Gasteiger partial charge is 0.477 e. The lowest BCUT2D eigenvalue weighted by Crippen LogP contribution is -2.14. The van der Waals surface area contributed by atoms with Crippen molar-refractivity contribution in [1.82, 2.24) is 9.97 Å². The number of nitrogens with one attached hydrogen (secondary N) is 1. The van der Waals surface area contributed by atoms with E-state index in [0.717, 1.165) is 23.7 Å². The van der Waals surface area contributed by atoms with Gasteiger partial charge in [0.2, 0.25) is 0 Å². The van der Waals surface area contributed by atoms with E-state index in [1.165, 1.54) is 6.92 Å². The first kappa shape index (κ1) is 16.0. The van der Waals surface area contributed by atoms with Gasteiger partial charge in [0.05, 0.1) is 0 Å². The summed E-state index contributed by atoms with van der Waals surface area (Å²) in [5, 5.41) is 8.65. The maximum absolute atomic E-state index is 12.3. The molecule has 2 aromatic rings. The van der Waals surface area contributed by atoms with Crippen LogP contribution in [0.4, 0.5) is 5.82 Å². The number of rotatable bonds is 4. The Hall–Kier alpha value is -1.42. The van der Waals surface area contributed by atoms with Crippen LogP contribution in [0.1, 0.15) is 14.5 Å². The molecule has 0 fully saturated rings. The Morgan fingerprint density at radius 1 is 1.38 bits per heavy atom. The summed E-state index contributed by atoms with van der Waals surface area (Å²) in [5.41, 5.74) is 0. The Kier molecular flexibility index (Phi) is 4.38. The van der Waals surface area contributed by atoms with Crippen molar-refractivity contribution in [1.29, 1.82) is 0 Å². The average Bonchev–Trinajstić information content (AvgIpc) is 2.78. The first-order valence-electron chi connectivity index (χ1n) is 5.25. The van der Waals surface area contributed by atoms with Gasteiger partial charge in [-0.05, 0) is 13.0 Å². The van der Waals surface area contributed by atoms with Crippen LogP contribution >= 0.6 is 34.5 Å². The van der Waals surface area contributed by atoms with E-state index in [-0.39, 0.29) is 25.8 Å². The first-order chi connectivity index (χ1) is 9.72. The zero-order valence-corrected chi connectivity index (χ0v) is 13.4. The summed E-state index contributed by atoms with van der Waals surface area (Å²) in [6.45, 7) is 1.50. The number of carbonyl (C=O) groups is 1. The maximum atomic E-state index is 12.3. The SMILES string of the molecule is Cc1sc(C(=O)O)cc1S(=O)(=O)Nc1ncnc(Cl)c1Cl. The minimum absolute atomic E-state index is 0.0836. The lowest BCUT2D eigenvalue weighted by Gasteiger charge is -2.08. The van der Waals surface area contributed by atoms with E-state index < -0.39 is 16.0 Å². The van der Waals surface area contributed by atoms with Crippen LogP contribution in [0, 0.1) is 6.92 Å². The molecule has 11 heteroatoms. The molecular weight excluding hydrogens is 361 g/mol. The Bertz CT molecular complexity index is 820. The number of aryl methyl sites for hydroxylation is 1. The van der Waals surface area contributed by atoms with Gasteiger partial charge in [-0.2, -0.15) is 0 Å². The molecule has 0 aliphatic rings. The monoisotopic (exact) mass is 367 g/mol. The fraction of sp³-hybridized carbons (Fsp3) is 0.100. The van der Waals surface area contributed by atoms with Crippen LogP contribution in [0.25, 0.3) is 0 Å². The minimum Gasteiger partial charge on any atom is -0.477 e. The molecule has 0 aliphatic heterocycles. The van der Waals surface area contributed by atoms with Crippen LogP contribution in [0.5, 0.6) is 0 Å². The molecule has 0 spiro atoms. The van der Waals surface area contributed by atoms with Crippen LogP contribution in [-0.2, 0) is 10.0 Å². The number of anilines is 1. The third-order valence-electron chi connectivity index (χ3n) is 2.35. The standard InChI is InChI=1S/C10H7Cl2N3O4S2/c1-4-6(2-5(20-4)10(16)17)21(18,19)15-9-7(11)8(12)13-3-14-9/h2-3H,1H3,(H,16,17)(H,13,14,15). The van der Waals surface area contributed by atoms with E-state index in [4.69, 9.17) is 28.3 Å². The molecule has 0 radical (unpaired) electrons. The second-order valence-electron chi connectivity index (χ2n) is 3.77. The van der Waals surface area contributed by atoms with E-state index >= 15 is 0 Å². The third-order valence-corrected chi connectivity index (χ3v) is 5.72. The number of halogens is 2. The van der Waals surface area contributed by atoms with E-state index in [1.54, 1.807) is 0 Å². The van der Waals surface area contributed by atoms with Crippen molar-refractivity contribution in [3.8, 4) is 0 Å². The van der Waals surface area contributed by atoms with Gasteiger partial charge < -0.3 is 5.11 Å². The van der Waals surface area contributed by atoms with E-state index in [1.807, 2.05) is 0 Å². The van der Waals surface area contributed by atoms with Gasteiger partial charge in [0, 0.05) is 4.88 Å². The van der Waals surface area contributed by atoms with Gasteiger partial charge in [0.1, 0.15) is 21.1 Å². The van der Waals surface area contributed by atoms with Gasteiger partial charge in [-0.1, -0.05) is 23.2 Å². The smallest absolute Gasteiger partial charge is 0.345 e. The second-order valence-corrected chi connectivity index (χ2v) is 7.41. The molecule has 0 bridgehead atoms. The quantitative estimate of drug-likeness (QED) is 0.803. The van der Waals surface area contributed by atoms with E-state index in [0.29, 0.717) is 4.88 Å². The number of hydrogen-bond acceptors (Lipinski definition) is 6. The predicted molar refractivity (Wildman–Crippen MR) is 78.9 cm³/mol. The number of sulfonamides is 1. The fourth-order valence-electron chi connectivity index (χ4n) is 1.44. The van der Waals surface area contributed by atoms with Crippen molar-refractivity contribution in [3.63, 3.8) is 0 Å². The molecule has 0 saturated heterocycles. The van der Waals surface area contributed by atoms with Crippen LogP contribution in [0.3, 0.4) is 0 Å². The summed E-state index contributed by atoms with van der Waals surface area (Å²) in [6, 6.07) is 1.07. The summed E-state index contributed by atoms with van der Waals surface area (Å²) in [7, 11) is -4.03. The molecule has 0 aromatic carbocycles. The topological polar surface area (TPSA) is 109 Å². The van der Waals surface area contributed by atoms with E-state index in [9.17, 15) is 13.2 Å². The molecule has 2 N–H and O–H groups in total. The summed E-state index contributed by atoms with van der Waals surface area (Å²) in [4.78, 5) is 18.3. The van der Waals surface area contributed by atoms with Gasteiger partial charge in [0.15, 0.2) is 11.0 Å². The van der Waals surface area contributed by atoms with Crippen molar-refractivity contribution in [3.05, 3.63) is 32.3 Å². The number of hydrogen-bond donors (Lipinski definition) is 2. The predicted octanol–water partition coefficient (Wildman–Crippen LogP) is 2.65. The van der Waals surface area contributed by atoms with Crippen molar-refractivity contribution >= 4 is 56.3 Å². The highest BCUT2D eigenvalue weighted by Crippen LogP contribution is 2.30. The van der Waals surface area contributed by atoms with Crippen molar-refractivity contribution in [2.45, 2.75) is 11.8 Å². The second kappa shape index (κ2) is 5.76. The zero-order chi connectivity index (χ0) is 15.8. The van der Waals surface area contributed by atoms with Crippen LogP contribution in [0.15, 0.2) is 17.3 Å². The summed E-state index contributed by atoms with van der Waals surface area (Å²) < 4.78 is 26.7. The third kappa shape index (κ3) is 3.26. The number of carboxylic acid groups (broad SMARTS) is 1. The van der Waals surface area contributed by atoms with Crippen LogP contribution in [0.2, 0.25) is 10.2 Å². The summed E-state index contributed by atoms with van der Waals surface area (Å²) in [6.07, 6.45) is 1.05. The molecule has 0 amide bonds. The molecule has 0 aliphatic carbocycles. The lowest BCUT2D eigenvalue weighted by molar-refractivity contribution is 0.0702. The van der Waals surface area contributed by atoms with Crippen molar-refractivity contribution in [2.75, 3.05) is 4.72 Å². The molecule has 7 nitrogen and oxygen atoms in total. The molecule has 0 saturated carbocycles. The highest BCUT2D eigenvalue weighted by Gasteiger charge is 2.24. The summed E-state index contributed by atoms with van der Waals surface area (Å²) in [5.74, 6) is -1.38. The molecule has 2 aromatic heterocycles. The fourth-order valence-corrected chi connectivity index (χ4v) is 4.23. The minimum atomic E-state index is -4.03. The normalized spacial score (nSPS) is 11.4. The van der Waals surface area contributed by atoms with Gasteiger partial charge >= 0.3 is 5.97 Å². The van der Waals surface area contributed by atoms with Crippen LogP contribution < -0.4 is 4.72 Å². The highest BCUT2D eigenvalue weighted by molar-refractivity contribution is 7.93. The van der Waals surface area contributed by atoms with Gasteiger partial charge in [-0.3, -0.25) is 4.72 Å². The molecule has 21 heavy (non-hydrogen) atoms. The maximum Gasteiger partial charge on any atom is 0.345 e. The van der Waals surface area contributed by atoms with Crippen molar-refractivity contribution in [2.24, 2.45) is 0 Å². The average molecular weight is 368 g/mol. The molecular formula is C10H7Cl2N3O4S2. The number of aromatic carboxylic acids is 1. The number of aromatic nitrogens is 2. The van der Waals surface area contributed by atoms with Crippen molar-refractivity contribution < 1.29 is 18.3 Å². The van der Waals surface area contributed by atoms with Crippen LogP contribution in [-0.4, -0.2) is 29.5 Å². The Labute approximate surface area is 133 Å². The molecule has 112 valence electrons. The Morgan fingerprint density at radius 3 is 2.62 bits per heavy atom. The highest BCUT2D eigenvalue weighted by atomic mass is 35.5. The van der Waals surface area contributed by atoms with Gasteiger partial charge in [-0.15, -0.1) is 11.3 Å². The lowest BCUT2D eigenvalue weighted by atomic mass is 10.4. The first-order valence-corrected chi connectivity index (χ1v) is 8.30. The molecule has 0 unspecified atom stereocenters. The summed E-state index contributed by atoms with van der Waals surface area (Å²) >= 11 is 12.3. The van der Waals surface area contributed by atoms with Gasteiger partial charge in [0.25, 0.3) is 10.0 Å². The molecule has 2 heterocycles. The van der Waals surface area contributed by atoms with Gasteiger partial charge in [-0.25, -0.2) is 23.2 Å². The Balaban J connectivity index is 2.43.